The molecular formula is C13H25N3O5. The van der Waals surface area contributed by atoms with Crippen LogP contribution in [0.4, 0.5) is 4.79 Å². The fraction of sp³-hybridized carbons (Fsp3) is 0.769. The molecular weight excluding hydrogens is 278 g/mol. The number of nitrogens with zero attached hydrogens (tertiary/aromatic N) is 1. The van der Waals surface area contributed by atoms with Crippen LogP contribution in [0.25, 0.3) is 0 Å². The summed E-state index contributed by atoms with van der Waals surface area (Å²) in [5.74, 6) is -1.29. The molecule has 0 spiro atoms. The Bertz CT molecular complexity index is 360. The number of amides is 3. The molecule has 0 saturated heterocycles. The first-order chi connectivity index (χ1) is 9.77. The number of carbonyl (C=O) groups excluding carboxylic acids is 2. The lowest BCUT2D eigenvalue weighted by Gasteiger charge is -2.22. The van der Waals surface area contributed by atoms with Crippen LogP contribution >= 0.6 is 0 Å². The summed E-state index contributed by atoms with van der Waals surface area (Å²) in [7, 11) is 2.95. The molecule has 0 aromatic rings. The molecule has 3 amide bonds. The van der Waals surface area contributed by atoms with Crippen LogP contribution in [0.1, 0.15) is 20.3 Å². The smallest absolute Gasteiger partial charge is 0.326 e. The van der Waals surface area contributed by atoms with Crippen molar-refractivity contribution in [3.8, 4) is 0 Å². The maximum Gasteiger partial charge on any atom is 0.326 e. The molecule has 0 fully saturated rings. The van der Waals surface area contributed by atoms with Crippen LogP contribution in [0.5, 0.6) is 0 Å². The highest BCUT2D eigenvalue weighted by Crippen LogP contribution is 2.05. The van der Waals surface area contributed by atoms with Gasteiger partial charge < -0.3 is 25.4 Å². The second-order valence-corrected chi connectivity index (χ2v) is 5.17. The summed E-state index contributed by atoms with van der Waals surface area (Å²) in [6, 6.07) is -1.55. The maximum absolute atomic E-state index is 11.9. The number of hydrogen-bond acceptors (Lipinski definition) is 4. The largest absolute Gasteiger partial charge is 0.480 e. The highest BCUT2D eigenvalue weighted by atomic mass is 16.5. The zero-order valence-corrected chi connectivity index (χ0v) is 13.0. The number of likely N-dealkylation sites (N-methyl/N-ethyl adjacent to an activating group) is 1. The zero-order valence-electron chi connectivity index (χ0n) is 13.0. The Balaban J connectivity index is 4.29. The number of nitrogens with one attached hydrogen (secondary N) is 2. The monoisotopic (exact) mass is 303 g/mol. The molecule has 0 aliphatic carbocycles. The Morgan fingerprint density at radius 2 is 1.90 bits per heavy atom. The van der Waals surface area contributed by atoms with Crippen molar-refractivity contribution in [1.29, 1.82) is 0 Å². The van der Waals surface area contributed by atoms with Crippen LogP contribution in [-0.2, 0) is 14.3 Å². The van der Waals surface area contributed by atoms with Crippen LogP contribution in [0.2, 0.25) is 0 Å². The fourth-order valence-electron chi connectivity index (χ4n) is 1.59. The van der Waals surface area contributed by atoms with Gasteiger partial charge in [-0.05, 0) is 12.3 Å². The predicted octanol–water partition coefficient (Wildman–Crippen LogP) is -0.110. The molecule has 0 bridgehead atoms. The third-order valence-electron chi connectivity index (χ3n) is 2.66. The topological polar surface area (TPSA) is 108 Å². The van der Waals surface area contributed by atoms with Gasteiger partial charge in [-0.2, -0.15) is 0 Å². The molecule has 0 rings (SSSR count). The molecule has 0 aliphatic heterocycles. The molecule has 8 heteroatoms. The second-order valence-electron chi connectivity index (χ2n) is 5.17. The normalized spacial score (nSPS) is 11.9. The lowest BCUT2D eigenvalue weighted by Crippen LogP contribution is -2.49. The second kappa shape index (κ2) is 9.98. The lowest BCUT2D eigenvalue weighted by molar-refractivity contribution is -0.139. The average molecular weight is 303 g/mol. The van der Waals surface area contributed by atoms with Crippen LogP contribution in [-0.4, -0.2) is 67.8 Å². The minimum atomic E-state index is -1.09. The Kier molecular flexibility index (Phi) is 9.11. The Morgan fingerprint density at radius 1 is 1.29 bits per heavy atom. The summed E-state index contributed by atoms with van der Waals surface area (Å²) in [5.41, 5.74) is 0. The lowest BCUT2D eigenvalue weighted by atomic mass is 10.0. The van der Waals surface area contributed by atoms with E-state index < -0.39 is 18.0 Å². The van der Waals surface area contributed by atoms with Gasteiger partial charge in [-0.3, -0.25) is 4.79 Å². The van der Waals surface area contributed by atoms with Crippen molar-refractivity contribution >= 4 is 17.9 Å². The quantitative estimate of drug-likeness (QED) is 0.515. The Morgan fingerprint density at radius 3 is 2.38 bits per heavy atom. The third-order valence-corrected chi connectivity index (χ3v) is 2.66. The molecule has 122 valence electrons. The van der Waals surface area contributed by atoms with E-state index in [1.165, 1.54) is 14.2 Å². The van der Waals surface area contributed by atoms with Crippen molar-refractivity contribution in [2.75, 3.05) is 33.9 Å². The molecule has 0 aliphatic rings. The molecule has 0 aromatic heterocycles. The summed E-state index contributed by atoms with van der Waals surface area (Å²) < 4.78 is 4.79. The molecule has 0 radical (unpaired) electrons. The van der Waals surface area contributed by atoms with E-state index in [1.54, 1.807) is 0 Å². The first-order valence-electron chi connectivity index (χ1n) is 6.78. The number of methoxy groups -OCH3 is 1. The molecule has 21 heavy (non-hydrogen) atoms. The Labute approximate surface area is 124 Å². The summed E-state index contributed by atoms with van der Waals surface area (Å²) in [6.45, 7) is 4.33. The number of hydrogen-bond donors (Lipinski definition) is 3. The van der Waals surface area contributed by atoms with Gasteiger partial charge in [0.15, 0.2) is 0 Å². The minimum Gasteiger partial charge on any atom is -0.480 e. The van der Waals surface area contributed by atoms with Crippen molar-refractivity contribution in [2.24, 2.45) is 5.92 Å². The SMILES string of the molecule is COCCNC(=O)CN(C)C(=O)NC(CC(C)C)C(=O)O. The van der Waals surface area contributed by atoms with E-state index in [0.29, 0.717) is 19.6 Å². The highest BCUT2D eigenvalue weighted by molar-refractivity contribution is 5.86. The van der Waals surface area contributed by atoms with Gasteiger partial charge in [0.1, 0.15) is 12.6 Å². The van der Waals surface area contributed by atoms with Crippen LogP contribution < -0.4 is 10.6 Å². The number of carboxylic acids is 1. The van der Waals surface area contributed by atoms with Crippen molar-refractivity contribution in [2.45, 2.75) is 26.3 Å². The molecule has 0 heterocycles. The van der Waals surface area contributed by atoms with Gasteiger partial charge >= 0.3 is 12.0 Å². The van der Waals surface area contributed by atoms with E-state index in [-0.39, 0.29) is 18.4 Å². The predicted molar refractivity (Wildman–Crippen MR) is 76.9 cm³/mol. The summed E-state index contributed by atoms with van der Waals surface area (Å²) in [6.07, 6.45) is 0.328. The number of urea groups is 1. The zero-order chi connectivity index (χ0) is 16.4. The summed E-state index contributed by atoms with van der Waals surface area (Å²) in [4.78, 5) is 35.6. The maximum atomic E-state index is 11.9. The van der Waals surface area contributed by atoms with Crippen molar-refractivity contribution in [3.05, 3.63) is 0 Å². The van der Waals surface area contributed by atoms with Gasteiger partial charge in [0, 0.05) is 20.7 Å². The third kappa shape index (κ3) is 8.85. The van der Waals surface area contributed by atoms with Crippen molar-refractivity contribution in [1.82, 2.24) is 15.5 Å². The van der Waals surface area contributed by atoms with E-state index in [4.69, 9.17) is 9.84 Å². The highest BCUT2D eigenvalue weighted by Gasteiger charge is 2.23. The first-order valence-corrected chi connectivity index (χ1v) is 6.78. The number of carbonyl (C=O) groups is 3. The van der Waals surface area contributed by atoms with Gasteiger partial charge in [0.2, 0.25) is 5.91 Å². The standard InChI is InChI=1S/C13H25N3O5/c1-9(2)7-10(12(18)19)15-13(20)16(3)8-11(17)14-5-6-21-4/h9-10H,5-8H2,1-4H3,(H,14,17)(H,15,20)(H,18,19). The van der Waals surface area contributed by atoms with Crippen LogP contribution in [0, 0.1) is 5.92 Å². The molecule has 0 aromatic carbocycles. The summed E-state index contributed by atoms with van der Waals surface area (Å²) in [5, 5.41) is 14.0. The van der Waals surface area contributed by atoms with Crippen LogP contribution in [0.15, 0.2) is 0 Å². The van der Waals surface area contributed by atoms with Crippen molar-refractivity contribution < 1.29 is 24.2 Å². The van der Waals surface area contributed by atoms with Gasteiger partial charge in [0.05, 0.1) is 6.61 Å². The van der Waals surface area contributed by atoms with E-state index >= 15 is 0 Å². The molecule has 1 atom stereocenters. The minimum absolute atomic E-state index is 0.133. The van der Waals surface area contributed by atoms with E-state index in [2.05, 4.69) is 10.6 Å². The Hall–Kier alpha value is -1.83. The molecule has 0 saturated carbocycles. The van der Waals surface area contributed by atoms with E-state index in [0.717, 1.165) is 4.90 Å². The van der Waals surface area contributed by atoms with Crippen molar-refractivity contribution in [3.63, 3.8) is 0 Å². The molecule has 8 nitrogen and oxygen atoms in total. The number of ether oxygens (including phenoxy) is 1. The van der Waals surface area contributed by atoms with Gasteiger partial charge in [-0.25, -0.2) is 9.59 Å². The van der Waals surface area contributed by atoms with Gasteiger partial charge in [-0.15, -0.1) is 0 Å². The number of carboxylic acid groups (broad SMARTS) is 1. The number of aliphatic carboxylic acids is 1. The molecule has 1 unspecified atom stereocenters. The average Bonchev–Trinajstić information content (AvgIpc) is 2.37. The van der Waals surface area contributed by atoms with Gasteiger partial charge in [0.25, 0.3) is 0 Å². The van der Waals surface area contributed by atoms with Gasteiger partial charge in [-0.1, -0.05) is 13.8 Å². The van der Waals surface area contributed by atoms with E-state index in [1.807, 2.05) is 13.8 Å². The molecule has 3 N–H and O–H groups in total. The van der Waals surface area contributed by atoms with Crippen LogP contribution in [0.3, 0.4) is 0 Å². The summed E-state index contributed by atoms with van der Waals surface area (Å²) >= 11 is 0. The fourth-order valence-corrected chi connectivity index (χ4v) is 1.59. The first kappa shape index (κ1) is 19.2. The van der Waals surface area contributed by atoms with E-state index in [9.17, 15) is 14.4 Å². The number of rotatable bonds is 9.